The number of nitrogens with zero attached hydrogens (tertiary/aromatic N) is 2. The number of oxazole rings is 1. The average Bonchev–Trinajstić information content (AvgIpc) is 3.29. The zero-order chi connectivity index (χ0) is 17.5. The summed E-state index contributed by atoms with van der Waals surface area (Å²) >= 11 is 0. The number of rotatable bonds is 7. The van der Waals surface area contributed by atoms with Crippen LogP contribution in [0.25, 0.3) is 12.2 Å². The summed E-state index contributed by atoms with van der Waals surface area (Å²) < 4.78 is 16.6. The van der Waals surface area contributed by atoms with Gasteiger partial charge in [-0.3, -0.25) is 0 Å². The first-order valence-electron chi connectivity index (χ1n) is 8.46. The smallest absolute Gasteiger partial charge is 0.232 e. The predicted molar refractivity (Wildman–Crippen MR) is 95.2 cm³/mol. The van der Waals surface area contributed by atoms with Crippen molar-refractivity contribution in [1.29, 1.82) is 5.26 Å². The van der Waals surface area contributed by atoms with Crippen molar-refractivity contribution in [2.45, 2.75) is 25.9 Å². The van der Waals surface area contributed by atoms with Crippen LogP contribution < -0.4 is 10.1 Å². The molecule has 1 unspecified atom stereocenters. The minimum absolute atomic E-state index is 0.166. The van der Waals surface area contributed by atoms with Crippen LogP contribution in [0.5, 0.6) is 5.75 Å². The number of hydrogen-bond acceptors (Lipinski definition) is 6. The molecule has 2 heterocycles. The second kappa shape index (κ2) is 8.36. The van der Waals surface area contributed by atoms with Crippen molar-refractivity contribution in [1.82, 2.24) is 4.98 Å². The molecule has 1 aromatic heterocycles. The summed E-state index contributed by atoms with van der Waals surface area (Å²) in [5.74, 6) is 1.62. The van der Waals surface area contributed by atoms with Crippen molar-refractivity contribution in [3.05, 3.63) is 41.4 Å². The topological polar surface area (TPSA) is 80.3 Å². The van der Waals surface area contributed by atoms with Crippen LogP contribution in [-0.4, -0.2) is 30.8 Å². The van der Waals surface area contributed by atoms with Crippen LogP contribution in [0.3, 0.4) is 0 Å². The van der Waals surface area contributed by atoms with Gasteiger partial charge in [0.05, 0.1) is 12.7 Å². The van der Waals surface area contributed by atoms with Gasteiger partial charge in [-0.2, -0.15) is 10.2 Å². The first-order chi connectivity index (χ1) is 12.3. The molecule has 2 aromatic rings. The Bertz CT molecular complexity index is 753. The molecule has 0 saturated carbocycles. The molecule has 1 fully saturated rings. The molecule has 25 heavy (non-hydrogen) atoms. The highest BCUT2D eigenvalue weighted by Crippen LogP contribution is 2.20. The van der Waals surface area contributed by atoms with Crippen LogP contribution in [0.15, 0.2) is 28.7 Å². The second-order valence-electron chi connectivity index (χ2n) is 5.69. The normalized spacial score (nSPS) is 16.9. The first kappa shape index (κ1) is 17.1. The van der Waals surface area contributed by atoms with Crippen LogP contribution in [0, 0.1) is 11.3 Å². The molecule has 6 nitrogen and oxygen atoms in total. The number of hydrogen-bond donors (Lipinski definition) is 1. The minimum atomic E-state index is 0.166. The quantitative estimate of drug-likeness (QED) is 0.828. The molecule has 3 rings (SSSR count). The predicted octanol–water partition coefficient (Wildman–Crippen LogP) is 3.71. The van der Waals surface area contributed by atoms with Gasteiger partial charge in [0.1, 0.15) is 11.8 Å². The van der Waals surface area contributed by atoms with Gasteiger partial charge in [-0.15, -0.1) is 0 Å². The molecule has 1 saturated heterocycles. The lowest BCUT2D eigenvalue weighted by atomic mass is 10.2. The third-order valence-electron chi connectivity index (χ3n) is 3.87. The van der Waals surface area contributed by atoms with Crippen molar-refractivity contribution in [3.63, 3.8) is 0 Å². The van der Waals surface area contributed by atoms with E-state index in [9.17, 15) is 5.26 Å². The van der Waals surface area contributed by atoms with Crippen LogP contribution in [0.1, 0.15) is 36.9 Å². The van der Waals surface area contributed by atoms with Gasteiger partial charge in [0.2, 0.25) is 17.5 Å². The molecular weight excluding hydrogens is 318 g/mol. The van der Waals surface area contributed by atoms with E-state index in [4.69, 9.17) is 13.9 Å². The van der Waals surface area contributed by atoms with Crippen LogP contribution in [0.4, 0.5) is 5.88 Å². The lowest BCUT2D eigenvalue weighted by Crippen LogP contribution is -2.18. The summed E-state index contributed by atoms with van der Waals surface area (Å²) in [7, 11) is 0. The zero-order valence-electron chi connectivity index (χ0n) is 14.2. The third-order valence-corrected chi connectivity index (χ3v) is 3.87. The second-order valence-corrected chi connectivity index (χ2v) is 5.69. The summed E-state index contributed by atoms with van der Waals surface area (Å²) in [6.07, 6.45) is 5.89. The number of nitrogens with one attached hydrogen (secondary N) is 1. The van der Waals surface area contributed by atoms with E-state index >= 15 is 0 Å². The molecule has 0 bridgehead atoms. The van der Waals surface area contributed by atoms with E-state index in [1.54, 1.807) is 6.08 Å². The molecule has 1 aliphatic rings. The fourth-order valence-corrected chi connectivity index (χ4v) is 2.62. The van der Waals surface area contributed by atoms with E-state index in [1.165, 1.54) is 0 Å². The Kier molecular flexibility index (Phi) is 5.70. The minimum Gasteiger partial charge on any atom is -0.494 e. The fraction of sp³-hybridized carbons (Fsp3) is 0.368. The molecule has 0 spiro atoms. The highest BCUT2D eigenvalue weighted by Gasteiger charge is 2.17. The number of anilines is 1. The lowest BCUT2D eigenvalue weighted by Gasteiger charge is -2.09. The zero-order valence-corrected chi connectivity index (χ0v) is 14.2. The van der Waals surface area contributed by atoms with Gasteiger partial charge in [0.25, 0.3) is 0 Å². The maximum absolute atomic E-state index is 9.21. The molecule has 1 aromatic carbocycles. The third kappa shape index (κ3) is 4.61. The van der Waals surface area contributed by atoms with E-state index < -0.39 is 0 Å². The van der Waals surface area contributed by atoms with E-state index in [2.05, 4.69) is 16.4 Å². The summed E-state index contributed by atoms with van der Waals surface area (Å²) in [5.41, 5.74) is 1.25. The maximum atomic E-state index is 9.21. The lowest BCUT2D eigenvalue weighted by molar-refractivity contribution is 0.120. The number of ether oxygens (including phenoxy) is 2. The molecular formula is C19H21N3O3. The Labute approximate surface area is 147 Å². The molecule has 1 aliphatic heterocycles. The number of aromatic nitrogens is 1. The van der Waals surface area contributed by atoms with Gasteiger partial charge in [0, 0.05) is 19.2 Å². The first-order valence-corrected chi connectivity index (χ1v) is 8.46. The van der Waals surface area contributed by atoms with Crippen molar-refractivity contribution in [3.8, 4) is 11.8 Å². The van der Waals surface area contributed by atoms with Gasteiger partial charge in [-0.05, 0) is 43.5 Å². The molecule has 6 heteroatoms. The fourth-order valence-electron chi connectivity index (χ4n) is 2.62. The van der Waals surface area contributed by atoms with Crippen molar-refractivity contribution >= 4 is 18.0 Å². The summed E-state index contributed by atoms with van der Waals surface area (Å²) in [5, 5.41) is 12.3. The highest BCUT2D eigenvalue weighted by molar-refractivity contribution is 5.67. The molecule has 1 N–H and O–H groups in total. The Morgan fingerprint density at radius 1 is 1.36 bits per heavy atom. The number of nitriles is 1. The van der Waals surface area contributed by atoms with Crippen LogP contribution in [-0.2, 0) is 4.74 Å². The molecule has 1 atom stereocenters. The molecule has 130 valence electrons. The van der Waals surface area contributed by atoms with Crippen LogP contribution in [0.2, 0.25) is 0 Å². The molecule has 0 radical (unpaired) electrons. The van der Waals surface area contributed by atoms with Crippen molar-refractivity contribution < 1.29 is 13.9 Å². The summed E-state index contributed by atoms with van der Waals surface area (Å²) in [4.78, 5) is 4.19. The summed E-state index contributed by atoms with van der Waals surface area (Å²) in [6, 6.07) is 9.78. The maximum Gasteiger partial charge on any atom is 0.232 e. The average molecular weight is 339 g/mol. The monoisotopic (exact) mass is 339 g/mol. The van der Waals surface area contributed by atoms with E-state index in [-0.39, 0.29) is 11.8 Å². The standard InChI is InChI=1S/C19H21N3O3/c1-2-23-15-8-5-14(6-9-15)7-10-18-22-17(12-20)19(25-18)21-13-16-4-3-11-24-16/h5-10,16,21H,2-4,11,13H2,1H3. The largest absolute Gasteiger partial charge is 0.494 e. The SMILES string of the molecule is CCOc1ccc(C=Cc2nc(C#N)c(NCC3CCCO3)o2)cc1. The molecule has 0 amide bonds. The Morgan fingerprint density at radius 3 is 2.88 bits per heavy atom. The van der Waals surface area contributed by atoms with Crippen LogP contribution >= 0.6 is 0 Å². The Balaban J connectivity index is 1.64. The van der Waals surface area contributed by atoms with Gasteiger partial charge in [0.15, 0.2) is 0 Å². The molecule has 0 aliphatic carbocycles. The van der Waals surface area contributed by atoms with E-state index in [0.717, 1.165) is 30.8 Å². The van der Waals surface area contributed by atoms with Crippen molar-refractivity contribution in [2.75, 3.05) is 25.1 Å². The van der Waals surface area contributed by atoms with Gasteiger partial charge >= 0.3 is 0 Å². The van der Waals surface area contributed by atoms with E-state index in [1.807, 2.05) is 37.3 Å². The number of benzene rings is 1. The van der Waals surface area contributed by atoms with Crippen molar-refractivity contribution in [2.24, 2.45) is 0 Å². The Morgan fingerprint density at radius 2 is 2.20 bits per heavy atom. The highest BCUT2D eigenvalue weighted by atomic mass is 16.5. The van der Waals surface area contributed by atoms with Gasteiger partial charge in [-0.1, -0.05) is 12.1 Å². The summed E-state index contributed by atoms with van der Waals surface area (Å²) in [6.45, 7) is 4.01. The Hall–Kier alpha value is -2.78. The van der Waals surface area contributed by atoms with E-state index in [0.29, 0.717) is 24.9 Å². The van der Waals surface area contributed by atoms with Gasteiger partial charge in [-0.25, -0.2) is 0 Å². The van der Waals surface area contributed by atoms with Gasteiger partial charge < -0.3 is 19.2 Å².